The Morgan fingerprint density at radius 2 is 2.33 bits per heavy atom. The number of nitroso groups, excluding NO2 is 1. The lowest BCUT2D eigenvalue weighted by Crippen LogP contribution is -2.22. The maximum atomic E-state index is 10.3. The molecule has 0 amide bonds. The Balaban J connectivity index is 2.38. The van der Waals surface area contributed by atoms with Crippen molar-refractivity contribution in [2.24, 2.45) is 16.2 Å². The summed E-state index contributed by atoms with van der Waals surface area (Å²) in [6.45, 7) is 2.37. The summed E-state index contributed by atoms with van der Waals surface area (Å²) >= 11 is 0. The number of para-hydroxylation sites is 1. The molecule has 18 heavy (non-hydrogen) atoms. The summed E-state index contributed by atoms with van der Waals surface area (Å²) in [5, 5.41) is 24.4. The Morgan fingerprint density at radius 1 is 1.61 bits per heavy atom. The molecule has 7 nitrogen and oxygen atoms in total. The Kier molecular flexibility index (Phi) is 3.33. The molecule has 0 saturated carbocycles. The van der Waals surface area contributed by atoms with Crippen molar-refractivity contribution < 1.29 is 5.21 Å². The summed E-state index contributed by atoms with van der Waals surface area (Å²) in [4.78, 5) is 10.3. The molecule has 0 aromatic heterocycles. The van der Waals surface area contributed by atoms with Crippen LogP contribution in [0.5, 0.6) is 0 Å². The van der Waals surface area contributed by atoms with Crippen LogP contribution in [-0.2, 0) is 0 Å². The van der Waals surface area contributed by atoms with Crippen LogP contribution >= 0.6 is 0 Å². The molecule has 7 heteroatoms. The lowest BCUT2D eigenvalue weighted by atomic mass is 9.98. The van der Waals surface area contributed by atoms with Gasteiger partial charge in [0.15, 0.2) is 0 Å². The minimum absolute atomic E-state index is 0.0431. The van der Waals surface area contributed by atoms with Crippen molar-refractivity contribution in [3.63, 3.8) is 0 Å². The van der Waals surface area contributed by atoms with Gasteiger partial charge in [-0.25, -0.2) is 5.01 Å². The van der Waals surface area contributed by atoms with Crippen molar-refractivity contribution in [1.29, 1.82) is 5.41 Å². The van der Waals surface area contributed by atoms with Gasteiger partial charge in [-0.05, 0) is 6.07 Å². The zero-order chi connectivity index (χ0) is 13.1. The monoisotopic (exact) mass is 247 g/mol. The number of rotatable bonds is 2. The van der Waals surface area contributed by atoms with Crippen LogP contribution in [-0.4, -0.2) is 28.4 Å². The maximum Gasteiger partial charge on any atom is 0.280 e. The van der Waals surface area contributed by atoms with E-state index in [1.54, 1.807) is 12.1 Å². The molecular weight excluding hydrogens is 234 g/mol. The maximum absolute atomic E-state index is 10.3. The van der Waals surface area contributed by atoms with E-state index in [0.717, 1.165) is 5.56 Å². The largest absolute Gasteiger partial charge is 0.291 e. The third-order valence-corrected chi connectivity index (χ3v) is 2.80. The van der Waals surface area contributed by atoms with E-state index < -0.39 is 5.96 Å². The van der Waals surface area contributed by atoms with Gasteiger partial charge in [0.1, 0.15) is 0 Å². The van der Waals surface area contributed by atoms with Gasteiger partial charge in [0.2, 0.25) is 0 Å². The van der Waals surface area contributed by atoms with Gasteiger partial charge >= 0.3 is 0 Å². The average molecular weight is 247 g/mol. The van der Waals surface area contributed by atoms with E-state index in [1.807, 2.05) is 19.1 Å². The van der Waals surface area contributed by atoms with E-state index >= 15 is 0 Å². The second-order valence-electron chi connectivity index (χ2n) is 4.04. The highest BCUT2D eigenvalue weighted by Gasteiger charge is 2.28. The lowest BCUT2D eigenvalue weighted by Gasteiger charge is -2.10. The molecule has 0 spiro atoms. The zero-order valence-corrected chi connectivity index (χ0v) is 9.79. The number of hydrazone groups is 1. The molecule has 3 N–H and O–H groups in total. The molecule has 94 valence electrons. The fraction of sp³-hybridized carbons (Fsp3) is 0.273. The highest BCUT2D eigenvalue weighted by molar-refractivity contribution is 6.07. The third kappa shape index (κ3) is 2.07. The molecule has 1 aromatic rings. The molecule has 2 rings (SSSR count). The summed E-state index contributed by atoms with van der Waals surface area (Å²) in [5.74, 6) is -0.368. The normalized spacial score (nSPS) is 18.4. The molecule has 1 aliphatic rings. The van der Waals surface area contributed by atoms with Gasteiger partial charge in [0.05, 0.1) is 17.9 Å². The molecule has 0 aliphatic carbocycles. The van der Waals surface area contributed by atoms with E-state index in [-0.39, 0.29) is 5.92 Å². The number of nitrogens with zero attached hydrogens (tertiary/aromatic N) is 3. The number of anilines is 1. The van der Waals surface area contributed by atoms with Crippen LogP contribution in [0.4, 0.5) is 5.69 Å². The van der Waals surface area contributed by atoms with Crippen molar-refractivity contribution in [2.45, 2.75) is 6.92 Å². The minimum atomic E-state index is -0.411. The number of guanidine groups is 1. The predicted octanol–water partition coefficient (Wildman–Crippen LogP) is 1.84. The molecule has 1 aromatic carbocycles. The SMILES string of the molecule is CC1CN(C(=N)N=O)N=C1c1ccccc1NO. The summed E-state index contributed by atoms with van der Waals surface area (Å²) < 4.78 is 0. The number of hydrogen-bond donors (Lipinski definition) is 3. The lowest BCUT2D eigenvalue weighted by molar-refractivity contribution is 0.389. The van der Waals surface area contributed by atoms with E-state index in [2.05, 4.69) is 15.8 Å². The first-order valence-corrected chi connectivity index (χ1v) is 5.44. The first-order valence-electron chi connectivity index (χ1n) is 5.44. The zero-order valence-electron chi connectivity index (χ0n) is 9.79. The van der Waals surface area contributed by atoms with Crippen molar-refractivity contribution in [2.75, 3.05) is 12.0 Å². The van der Waals surface area contributed by atoms with E-state index in [9.17, 15) is 4.91 Å². The molecule has 0 saturated heterocycles. The summed E-state index contributed by atoms with van der Waals surface area (Å²) in [6, 6.07) is 7.15. The topological polar surface area (TPSA) is 101 Å². The Hall–Kier alpha value is -2.28. The number of benzene rings is 1. The van der Waals surface area contributed by atoms with Gasteiger partial charge in [0, 0.05) is 16.7 Å². The summed E-state index contributed by atoms with van der Waals surface area (Å²) in [7, 11) is 0. The molecule has 1 atom stereocenters. The van der Waals surface area contributed by atoms with Crippen LogP contribution in [0, 0.1) is 16.2 Å². The second-order valence-corrected chi connectivity index (χ2v) is 4.04. The second kappa shape index (κ2) is 4.92. The Bertz CT molecular complexity index is 514. The van der Waals surface area contributed by atoms with Gasteiger partial charge in [0.25, 0.3) is 5.96 Å². The smallest absolute Gasteiger partial charge is 0.280 e. The molecule has 1 unspecified atom stereocenters. The Morgan fingerprint density at radius 3 is 3.00 bits per heavy atom. The third-order valence-electron chi connectivity index (χ3n) is 2.80. The fourth-order valence-corrected chi connectivity index (χ4v) is 1.92. The fourth-order valence-electron chi connectivity index (χ4n) is 1.92. The van der Waals surface area contributed by atoms with Crippen molar-refractivity contribution in [1.82, 2.24) is 5.01 Å². The van der Waals surface area contributed by atoms with Gasteiger partial charge in [-0.15, -0.1) is 4.91 Å². The average Bonchev–Trinajstić information content (AvgIpc) is 2.79. The van der Waals surface area contributed by atoms with Crippen LogP contribution in [0.3, 0.4) is 0 Å². The van der Waals surface area contributed by atoms with Gasteiger partial charge in [-0.1, -0.05) is 25.1 Å². The van der Waals surface area contributed by atoms with E-state index in [0.29, 0.717) is 17.9 Å². The highest BCUT2D eigenvalue weighted by Crippen LogP contribution is 2.24. The van der Waals surface area contributed by atoms with E-state index in [1.165, 1.54) is 5.01 Å². The molecule has 1 heterocycles. The van der Waals surface area contributed by atoms with Gasteiger partial charge < -0.3 is 0 Å². The quantitative estimate of drug-likeness (QED) is 0.321. The van der Waals surface area contributed by atoms with Crippen molar-refractivity contribution in [3.05, 3.63) is 34.7 Å². The summed E-state index contributed by atoms with van der Waals surface area (Å²) in [5.41, 5.74) is 4.10. The molecule has 1 aliphatic heterocycles. The molecule has 0 fully saturated rings. The number of nitrogens with one attached hydrogen (secondary N) is 2. The van der Waals surface area contributed by atoms with Crippen LogP contribution < -0.4 is 5.48 Å². The van der Waals surface area contributed by atoms with Crippen LogP contribution in [0.15, 0.2) is 34.5 Å². The number of hydrogen-bond acceptors (Lipinski definition) is 5. The van der Waals surface area contributed by atoms with E-state index in [4.69, 9.17) is 10.6 Å². The standard InChI is InChI=1S/C11H13N5O2/c1-7-6-16(11(12)15-18)13-10(7)8-4-2-3-5-9(8)14-17/h2-5,7,12,14,17H,6H2,1H3. The molecular formula is C11H13N5O2. The molecule has 0 bridgehead atoms. The molecule has 0 radical (unpaired) electrons. The first kappa shape index (κ1) is 12.2. The highest BCUT2D eigenvalue weighted by atomic mass is 16.5. The van der Waals surface area contributed by atoms with Crippen molar-refractivity contribution in [3.8, 4) is 0 Å². The predicted molar refractivity (Wildman–Crippen MR) is 67.8 cm³/mol. The van der Waals surface area contributed by atoms with Crippen molar-refractivity contribution >= 4 is 17.4 Å². The first-order chi connectivity index (χ1) is 8.67. The van der Waals surface area contributed by atoms with Gasteiger partial charge in [-0.3, -0.25) is 16.1 Å². The van der Waals surface area contributed by atoms with Crippen LogP contribution in [0.1, 0.15) is 12.5 Å². The summed E-state index contributed by atoms with van der Waals surface area (Å²) in [6.07, 6.45) is 0. The van der Waals surface area contributed by atoms with Gasteiger partial charge in [-0.2, -0.15) is 5.10 Å². The minimum Gasteiger partial charge on any atom is -0.291 e. The van der Waals surface area contributed by atoms with Crippen LogP contribution in [0.25, 0.3) is 0 Å². The Labute approximate surface area is 104 Å². The van der Waals surface area contributed by atoms with Crippen LogP contribution in [0.2, 0.25) is 0 Å².